The fourth-order valence-corrected chi connectivity index (χ4v) is 4.68. The molecule has 0 atom stereocenters. The SMILES string of the molecule is CSc1cccc2sc(N3CCN(C(=O)c4ccn(C)n4)CC3)nc12. The van der Waals surface area contributed by atoms with Crippen LogP contribution in [0.4, 0.5) is 5.13 Å². The lowest BCUT2D eigenvalue weighted by atomic mass is 10.3. The molecule has 1 aliphatic rings. The van der Waals surface area contributed by atoms with Crippen LogP contribution in [0.15, 0.2) is 35.4 Å². The fraction of sp³-hybridized carbons (Fsp3) is 0.353. The highest BCUT2D eigenvalue weighted by Crippen LogP contribution is 2.34. The lowest BCUT2D eigenvalue weighted by Gasteiger charge is -2.34. The second-order valence-electron chi connectivity index (χ2n) is 5.96. The summed E-state index contributed by atoms with van der Waals surface area (Å²) in [5.74, 6) is 0.00854. The lowest BCUT2D eigenvalue weighted by Crippen LogP contribution is -2.48. The maximum Gasteiger partial charge on any atom is 0.274 e. The van der Waals surface area contributed by atoms with Gasteiger partial charge in [0.15, 0.2) is 5.13 Å². The Kier molecular flexibility index (Phi) is 4.39. The topological polar surface area (TPSA) is 54.3 Å². The van der Waals surface area contributed by atoms with Gasteiger partial charge in [-0.2, -0.15) is 5.10 Å². The molecule has 1 fully saturated rings. The van der Waals surface area contributed by atoms with Gasteiger partial charge in [0.05, 0.1) is 10.2 Å². The van der Waals surface area contributed by atoms with Gasteiger partial charge >= 0.3 is 0 Å². The molecule has 6 nitrogen and oxygen atoms in total. The third-order valence-corrected chi connectivity index (χ3v) is 6.21. The number of hydrogen-bond acceptors (Lipinski definition) is 6. The van der Waals surface area contributed by atoms with E-state index >= 15 is 0 Å². The first kappa shape index (κ1) is 16.4. The van der Waals surface area contributed by atoms with Crippen LogP contribution in [-0.2, 0) is 7.05 Å². The van der Waals surface area contributed by atoms with Gasteiger partial charge in [-0.1, -0.05) is 17.4 Å². The summed E-state index contributed by atoms with van der Waals surface area (Å²) in [5.41, 5.74) is 1.60. The van der Waals surface area contributed by atoms with Gasteiger partial charge in [-0.3, -0.25) is 9.48 Å². The second kappa shape index (κ2) is 6.68. The molecule has 4 rings (SSSR count). The van der Waals surface area contributed by atoms with Crippen molar-refractivity contribution in [2.24, 2.45) is 7.05 Å². The minimum absolute atomic E-state index is 0.00854. The van der Waals surface area contributed by atoms with Crippen molar-refractivity contribution in [3.05, 3.63) is 36.2 Å². The van der Waals surface area contributed by atoms with E-state index in [-0.39, 0.29) is 5.91 Å². The van der Waals surface area contributed by atoms with Gasteiger partial charge in [-0.15, -0.1) is 11.8 Å². The molecule has 25 heavy (non-hydrogen) atoms. The molecule has 1 amide bonds. The summed E-state index contributed by atoms with van der Waals surface area (Å²) in [6.45, 7) is 2.99. The van der Waals surface area contributed by atoms with Crippen LogP contribution in [0.1, 0.15) is 10.5 Å². The first-order valence-corrected chi connectivity index (χ1v) is 10.2. The molecular weight excluding hydrogens is 354 g/mol. The third kappa shape index (κ3) is 3.11. The Morgan fingerprint density at radius 1 is 1.20 bits per heavy atom. The summed E-state index contributed by atoms with van der Waals surface area (Å²) in [6.07, 6.45) is 3.88. The number of hydrogen-bond donors (Lipinski definition) is 0. The predicted molar refractivity (Wildman–Crippen MR) is 103 cm³/mol. The molecule has 0 aliphatic carbocycles. The van der Waals surface area contributed by atoms with Crippen LogP contribution in [0.5, 0.6) is 0 Å². The number of carbonyl (C=O) groups excluding carboxylic acids is 1. The molecule has 130 valence electrons. The highest BCUT2D eigenvalue weighted by atomic mass is 32.2. The molecule has 0 unspecified atom stereocenters. The number of para-hydroxylation sites is 1. The van der Waals surface area contributed by atoms with E-state index in [0.29, 0.717) is 18.8 Å². The molecule has 0 spiro atoms. The van der Waals surface area contributed by atoms with Gasteiger partial charge < -0.3 is 9.80 Å². The Labute approximate surface area is 154 Å². The largest absolute Gasteiger partial charge is 0.345 e. The molecular formula is C17H19N5OS2. The molecule has 0 radical (unpaired) electrons. The Morgan fingerprint density at radius 3 is 2.68 bits per heavy atom. The van der Waals surface area contributed by atoms with Crippen molar-refractivity contribution in [2.45, 2.75) is 4.90 Å². The van der Waals surface area contributed by atoms with E-state index in [1.54, 1.807) is 40.0 Å². The van der Waals surface area contributed by atoms with E-state index in [9.17, 15) is 4.79 Å². The van der Waals surface area contributed by atoms with Crippen LogP contribution in [-0.4, -0.2) is 58.0 Å². The highest BCUT2D eigenvalue weighted by molar-refractivity contribution is 7.98. The second-order valence-corrected chi connectivity index (χ2v) is 7.81. The van der Waals surface area contributed by atoms with E-state index < -0.39 is 0 Å². The maximum absolute atomic E-state index is 12.5. The van der Waals surface area contributed by atoms with Gasteiger partial charge in [0.25, 0.3) is 5.91 Å². The molecule has 8 heteroatoms. The molecule has 2 aromatic heterocycles. The number of thiazole rings is 1. The Hall–Kier alpha value is -2.06. The Morgan fingerprint density at radius 2 is 2.00 bits per heavy atom. The summed E-state index contributed by atoms with van der Waals surface area (Å²) in [7, 11) is 1.82. The minimum atomic E-state index is 0.00854. The van der Waals surface area contributed by atoms with E-state index in [1.165, 1.54) is 9.60 Å². The summed E-state index contributed by atoms with van der Waals surface area (Å²) in [6, 6.07) is 8.09. The predicted octanol–water partition coefficient (Wildman–Crippen LogP) is 2.71. The van der Waals surface area contributed by atoms with E-state index in [4.69, 9.17) is 4.98 Å². The van der Waals surface area contributed by atoms with Crippen molar-refractivity contribution in [1.82, 2.24) is 19.7 Å². The number of rotatable bonds is 3. The van der Waals surface area contributed by atoms with Crippen molar-refractivity contribution >= 4 is 44.4 Å². The monoisotopic (exact) mass is 373 g/mol. The van der Waals surface area contributed by atoms with E-state index in [2.05, 4.69) is 34.5 Å². The minimum Gasteiger partial charge on any atom is -0.345 e. The van der Waals surface area contributed by atoms with E-state index in [0.717, 1.165) is 23.7 Å². The average molecular weight is 374 g/mol. The number of anilines is 1. The van der Waals surface area contributed by atoms with E-state index in [1.807, 2.05) is 11.9 Å². The molecule has 1 aromatic carbocycles. The van der Waals surface area contributed by atoms with Crippen molar-refractivity contribution < 1.29 is 4.79 Å². The summed E-state index contributed by atoms with van der Waals surface area (Å²) in [5, 5.41) is 5.25. The number of amides is 1. The summed E-state index contributed by atoms with van der Waals surface area (Å²) < 4.78 is 2.88. The molecule has 0 saturated carbocycles. The average Bonchev–Trinajstić information content (AvgIpc) is 3.27. The van der Waals surface area contributed by atoms with Crippen molar-refractivity contribution in [2.75, 3.05) is 37.3 Å². The number of nitrogens with zero attached hydrogens (tertiary/aromatic N) is 5. The van der Waals surface area contributed by atoms with Gasteiger partial charge in [0, 0.05) is 44.3 Å². The van der Waals surface area contributed by atoms with Gasteiger partial charge in [-0.25, -0.2) is 4.98 Å². The number of benzene rings is 1. The van der Waals surface area contributed by atoms with Crippen LogP contribution in [0.25, 0.3) is 10.2 Å². The molecule has 1 saturated heterocycles. The van der Waals surface area contributed by atoms with Crippen molar-refractivity contribution in [3.8, 4) is 0 Å². The van der Waals surface area contributed by atoms with Crippen LogP contribution in [0.2, 0.25) is 0 Å². The first-order chi connectivity index (χ1) is 12.2. The number of aromatic nitrogens is 3. The Balaban J connectivity index is 1.47. The third-order valence-electron chi connectivity index (χ3n) is 4.36. The standard InChI is InChI=1S/C17H19N5OS2/c1-20-7-6-12(19-20)16(23)21-8-10-22(11-9-21)17-18-15-13(24-2)4-3-5-14(15)25-17/h3-7H,8-11H2,1-2H3. The number of carbonyl (C=O) groups is 1. The van der Waals surface area contributed by atoms with Crippen molar-refractivity contribution in [3.63, 3.8) is 0 Å². The smallest absolute Gasteiger partial charge is 0.274 e. The van der Waals surface area contributed by atoms with Gasteiger partial charge in [-0.05, 0) is 24.5 Å². The zero-order chi connectivity index (χ0) is 17.4. The van der Waals surface area contributed by atoms with Crippen LogP contribution in [0, 0.1) is 0 Å². The summed E-state index contributed by atoms with van der Waals surface area (Å²) >= 11 is 3.45. The highest BCUT2D eigenvalue weighted by Gasteiger charge is 2.25. The maximum atomic E-state index is 12.5. The van der Waals surface area contributed by atoms with Gasteiger partial charge in [0.1, 0.15) is 5.69 Å². The summed E-state index contributed by atoms with van der Waals surface area (Å²) in [4.78, 5) is 22.7. The molecule has 0 N–H and O–H groups in total. The lowest BCUT2D eigenvalue weighted by molar-refractivity contribution is 0.0740. The number of thioether (sulfide) groups is 1. The first-order valence-electron chi connectivity index (χ1n) is 8.13. The van der Waals surface area contributed by atoms with Crippen LogP contribution >= 0.6 is 23.1 Å². The quantitative estimate of drug-likeness (QED) is 0.661. The molecule has 1 aliphatic heterocycles. The molecule has 0 bridgehead atoms. The normalized spacial score (nSPS) is 15.1. The van der Waals surface area contributed by atoms with Gasteiger partial charge in [0.2, 0.25) is 0 Å². The van der Waals surface area contributed by atoms with Crippen molar-refractivity contribution in [1.29, 1.82) is 0 Å². The number of fused-ring (bicyclic) bond motifs is 1. The van der Waals surface area contributed by atoms with Crippen LogP contribution < -0.4 is 4.90 Å². The number of piperazine rings is 1. The fourth-order valence-electron chi connectivity index (χ4n) is 3.00. The molecule has 3 aromatic rings. The van der Waals surface area contributed by atoms with Crippen LogP contribution in [0.3, 0.4) is 0 Å². The molecule has 3 heterocycles. The number of aryl methyl sites for hydroxylation is 1. The zero-order valence-electron chi connectivity index (χ0n) is 14.2. The Bertz CT molecular complexity index is 911. The zero-order valence-corrected chi connectivity index (χ0v) is 15.8.